The molecule has 0 aliphatic rings. The van der Waals surface area contributed by atoms with Gasteiger partial charge in [0.2, 0.25) is 0 Å². The van der Waals surface area contributed by atoms with Gasteiger partial charge in [0.25, 0.3) is 0 Å². The maximum absolute atomic E-state index is 3.62. The van der Waals surface area contributed by atoms with Gasteiger partial charge in [-0.1, -0.05) is 49.5 Å². The quantitative estimate of drug-likeness (QED) is 0.570. The molecule has 0 aliphatic carbocycles. The molecule has 2 heteroatoms. The molecule has 0 aromatic heterocycles. The van der Waals surface area contributed by atoms with Crippen molar-refractivity contribution in [2.75, 3.05) is 25.0 Å². The second kappa shape index (κ2) is 9.97. The number of halogens is 1. The Morgan fingerprint density at radius 2 is 1.86 bits per heavy atom. The van der Waals surface area contributed by atoms with E-state index in [4.69, 9.17) is 0 Å². The summed E-state index contributed by atoms with van der Waals surface area (Å²) in [7, 11) is 0. The number of hydrogen-bond donors (Lipinski definition) is 0. The lowest BCUT2D eigenvalue weighted by Crippen LogP contribution is -2.31. The molecule has 1 unspecified atom stereocenters. The first-order chi connectivity index (χ1) is 6.78. The monoisotopic (exact) mass is 263 g/mol. The first-order valence-corrected chi connectivity index (χ1v) is 7.18. The highest BCUT2D eigenvalue weighted by Crippen LogP contribution is 2.12. The van der Waals surface area contributed by atoms with E-state index in [9.17, 15) is 0 Å². The minimum atomic E-state index is 0.844. The molecule has 0 radical (unpaired) electrons. The van der Waals surface area contributed by atoms with Gasteiger partial charge in [0.05, 0.1) is 0 Å². The molecule has 0 fully saturated rings. The number of hydrogen-bond acceptors (Lipinski definition) is 1. The van der Waals surface area contributed by atoms with Gasteiger partial charge in [-0.05, 0) is 31.8 Å². The van der Waals surface area contributed by atoms with Crippen molar-refractivity contribution < 1.29 is 0 Å². The predicted molar refractivity (Wildman–Crippen MR) is 69.2 cm³/mol. The van der Waals surface area contributed by atoms with Crippen molar-refractivity contribution in [3.8, 4) is 0 Å². The Hall–Kier alpha value is 0.440. The van der Waals surface area contributed by atoms with E-state index in [1.165, 1.54) is 45.3 Å². The molecule has 0 aromatic carbocycles. The van der Waals surface area contributed by atoms with Crippen molar-refractivity contribution >= 4 is 15.9 Å². The minimum Gasteiger partial charge on any atom is -0.303 e. The number of unbranched alkanes of at least 4 members (excludes halogenated alkanes) is 1. The van der Waals surface area contributed by atoms with Crippen molar-refractivity contribution in [1.82, 2.24) is 4.90 Å². The van der Waals surface area contributed by atoms with Gasteiger partial charge in [-0.3, -0.25) is 0 Å². The maximum Gasteiger partial charge on any atom is 0.00718 e. The fourth-order valence-corrected chi connectivity index (χ4v) is 2.28. The Bertz CT molecular complexity index is 117. The lowest BCUT2D eigenvalue weighted by molar-refractivity contribution is 0.241. The lowest BCUT2D eigenvalue weighted by atomic mass is 10.1. The van der Waals surface area contributed by atoms with Crippen LogP contribution in [0.3, 0.4) is 0 Å². The molecule has 1 atom stereocenters. The van der Waals surface area contributed by atoms with Gasteiger partial charge in [-0.25, -0.2) is 0 Å². The first-order valence-electron chi connectivity index (χ1n) is 6.06. The molecule has 0 N–H and O–H groups in total. The fraction of sp³-hybridized carbons (Fsp3) is 1.00. The molecule has 0 rings (SSSR count). The highest BCUT2D eigenvalue weighted by molar-refractivity contribution is 9.09. The zero-order valence-corrected chi connectivity index (χ0v) is 11.6. The molecule has 1 nitrogen and oxygen atoms in total. The van der Waals surface area contributed by atoms with Crippen molar-refractivity contribution in [2.45, 2.75) is 46.5 Å². The largest absolute Gasteiger partial charge is 0.303 e. The number of alkyl halides is 1. The standard InChI is InChI=1S/C12H26BrN/c1-4-7-9-14(6-3)11-12(10-13)8-5-2/h12H,4-11H2,1-3H3. The molecule has 0 saturated heterocycles. The van der Waals surface area contributed by atoms with Gasteiger partial charge >= 0.3 is 0 Å². The van der Waals surface area contributed by atoms with E-state index < -0.39 is 0 Å². The normalized spacial score (nSPS) is 13.5. The van der Waals surface area contributed by atoms with Crippen LogP contribution in [0.1, 0.15) is 46.5 Å². The number of nitrogens with zero attached hydrogens (tertiary/aromatic N) is 1. The summed E-state index contributed by atoms with van der Waals surface area (Å²) in [6.07, 6.45) is 5.31. The first kappa shape index (κ1) is 14.4. The average molecular weight is 264 g/mol. The van der Waals surface area contributed by atoms with Crippen LogP contribution in [0.4, 0.5) is 0 Å². The van der Waals surface area contributed by atoms with Crippen LogP contribution in [0.5, 0.6) is 0 Å². The van der Waals surface area contributed by atoms with Crippen molar-refractivity contribution in [2.24, 2.45) is 5.92 Å². The third-order valence-electron chi connectivity index (χ3n) is 2.71. The van der Waals surface area contributed by atoms with E-state index in [0.717, 1.165) is 11.2 Å². The molecule has 0 aromatic rings. The zero-order chi connectivity index (χ0) is 10.8. The zero-order valence-electron chi connectivity index (χ0n) is 10.1. The van der Waals surface area contributed by atoms with E-state index in [2.05, 4.69) is 41.6 Å². The van der Waals surface area contributed by atoms with E-state index in [-0.39, 0.29) is 0 Å². The summed E-state index contributed by atoms with van der Waals surface area (Å²) < 4.78 is 0. The van der Waals surface area contributed by atoms with Crippen molar-refractivity contribution in [3.63, 3.8) is 0 Å². The van der Waals surface area contributed by atoms with Gasteiger partial charge < -0.3 is 4.90 Å². The van der Waals surface area contributed by atoms with Gasteiger partial charge in [-0.15, -0.1) is 0 Å². The van der Waals surface area contributed by atoms with E-state index in [0.29, 0.717) is 0 Å². The second-order valence-corrected chi connectivity index (χ2v) is 4.70. The van der Waals surface area contributed by atoms with Gasteiger partial charge in [0.1, 0.15) is 0 Å². The third-order valence-corrected chi connectivity index (χ3v) is 3.62. The Kier molecular flexibility index (Phi) is 10.3. The van der Waals surface area contributed by atoms with Crippen molar-refractivity contribution in [3.05, 3.63) is 0 Å². The van der Waals surface area contributed by atoms with Crippen LogP contribution in [0.15, 0.2) is 0 Å². The van der Waals surface area contributed by atoms with Crippen LogP contribution in [0, 0.1) is 5.92 Å². The molecule has 0 heterocycles. The maximum atomic E-state index is 3.62. The van der Waals surface area contributed by atoms with E-state index in [1.807, 2.05) is 0 Å². The fourth-order valence-electron chi connectivity index (χ4n) is 1.75. The van der Waals surface area contributed by atoms with Crippen LogP contribution in [-0.4, -0.2) is 29.9 Å². The van der Waals surface area contributed by atoms with Crippen LogP contribution in [-0.2, 0) is 0 Å². The Labute approximate surface area is 98.4 Å². The molecule has 86 valence electrons. The molecular weight excluding hydrogens is 238 g/mol. The van der Waals surface area contributed by atoms with Gasteiger partial charge in [0, 0.05) is 11.9 Å². The summed E-state index contributed by atoms with van der Waals surface area (Å²) in [6.45, 7) is 10.6. The van der Waals surface area contributed by atoms with Crippen LogP contribution in [0.25, 0.3) is 0 Å². The smallest absolute Gasteiger partial charge is 0.00718 e. The summed E-state index contributed by atoms with van der Waals surface area (Å²) in [5.41, 5.74) is 0. The SMILES string of the molecule is CCCCN(CC)CC(CBr)CCC. The second-order valence-electron chi connectivity index (χ2n) is 4.06. The summed E-state index contributed by atoms with van der Waals surface area (Å²) in [4.78, 5) is 2.59. The lowest BCUT2D eigenvalue weighted by Gasteiger charge is -2.25. The van der Waals surface area contributed by atoms with Crippen LogP contribution in [0.2, 0.25) is 0 Å². The molecule has 0 saturated carbocycles. The Morgan fingerprint density at radius 3 is 2.29 bits per heavy atom. The van der Waals surface area contributed by atoms with Gasteiger partial charge in [-0.2, -0.15) is 0 Å². The highest BCUT2D eigenvalue weighted by atomic mass is 79.9. The highest BCUT2D eigenvalue weighted by Gasteiger charge is 2.10. The summed E-state index contributed by atoms with van der Waals surface area (Å²) in [5.74, 6) is 0.844. The third kappa shape index (κ3) is 6.83. The van der Waals surface area contributed by atoms with Crippen LogP contribution >= 0.6 is 15.9 Å². The van der Waals surface area contributed by atoms with Gasteiger partial charge in [0.15, 0.2) is 0 Å². The molecular formula is C12H26BrN. The predicted octanol–water partition coefficient (Wildman–Crippen LogP) is 3.92. The minimum absolute atomic E-state index is 0.844. The molecule has 0 spiro atoms. The summed E-state index contributed by atoms with van der Waals surface area (Å²) >= 11 is 3.62. The topological polar surface area (TPSA) is 3.24 Å². The Morgan fingerprint density at radius 1 is 1.14 bits per heavy atom. The number of rotatable bonds is 9. The summed E-state index contributed by atoms with van der Waals surface area (Å²) in [6, 6.07) is 0. The van der Waals surface area contributed by atoms with Crippen LogP contribution < -0.4 is 0 Å². The summed E-state index contributed by atoms with van der Waals surface area (Å²) in [5, 5.41) is 1.16. The molecule has 0 amide bonds. The molecule has 0 aliphatic heterocycles. The molecule has 0 bridgehead atoms. The molecule has 14 heavy (non-hydrogen) atoms. The van der Waals surface area contributed by atoms with E-state index >= 15 is 0 Å². The van der Waals surface area contributed by atoms with E-state index in [1.54, 1.807) is 0 Å². The Balaban J connectivity index is 3.75. The average Bonchev–Trinajstić information content (AvgIpc) is 2.22. The van der Waals surface area contributed by atoms with Crippen molar-refractivity contribution in [1.29, 1.82) is 0 Å².